The minimum absolute atomic E-state index is 0.0131. The van der Waals surface area contributed by atoms with E-state index >= 15 is 0 Å². The van der Waals surface area contributed by atoms with E-state index in [0.717, 1.165) is 31.4 Å². The number of hydrogen-bond donors (Lipinski definition) is 6. The van der Waals surface area contributed by atoms with Crippen LogP contribution in [0.1, 0.15) is 24.8 Å². The van der Waals surface area contributed by atoms with E-state index in [1.54, 1.807) is 13.3 Å². The first kappa shape index (κ1) is 30.8. The van der Waals surface area contributed by atoms with Crippen molar-refractivity contribution in [3.63, 3.8) is 0 Å². The summed E-state index contributed by atoms with van der Waals surface area (Å²) in [6.45, 7) is 1.66. The van der Waals surface area contributed by atoms with Crippen LogP contribution in [-0.2, 0) is 20.8 Å². The van der Waals surface area contributed by atoms with Crippen LogP contribution in [0.3, 0.4) is 0 Å². The largest absolute Gasteiger partial charge is 0.483 e. The van der Waals surface area contributed by atoms with Gasteiger partial charge in [-0.3, -0.25) is 14.4 Å². The topological polar surface area (TPSA) is 120 Å². The number of fused-ring (bicyclic) bond motifs is 1. The number of rotatable bonds is 12. The second-order valence-electron chi connectivity index (χ2n) is 7.88. The summed E-state index contributed by atoms with van der Waals surface area (Å²) >= 11 is 5.06. The van der Waals surface area contributed by atoms with Crippen molar-refractivity contribution in [2.75, 3.05) is 40.0 Å². The SMILES string of the molecule is CNCCCCCNC(=O)C1SC1(Cc1ccc2ccccc2c1)NC(=O)CNC.CS.O=CO. The molecule has 1 aliphatic heterocycles. The molecule has 2 aromatic rings. The van der Waals surface area contributed by atoms with Gasteiger partial charge in [0.2, 0.25) is 11.8 Å². The molecule has 1 aliphatic rings. The van der Waals surface area contributed by atoms with E-state index in [1.165, 1.54) is 22.5 Å². The van der Waals surface area contributed by atoms with Crippen LogP contribution >= 0.6 is 24.4 Å². The first-order chi connectivity index (χ1) is 17.0. The molecule has 1 heterocycles. The zero-order chi connectivity index (χ0) is 26.1. The molecule has 3 rings (SSSR count). The van der Waals surface area contributed by atoms with Crippen LogP contribution in [0.4, 0.5) is 0 Å². The molecule has 8 nitrogen and oxygen atoms in total. The Bertz CT molecular complexity index is 931. The van der Waals surface area contributed by atoms with E-state index < -0.39 is 4.87 Å². The third kappa shape index (κ3) is 10.5. The predicted molar refractivity (Wildman–Crippen MR) is 148 cm³/mol. The van der Waals surface area contributed by atoms with Crippen molar-refractivity contribution < 1.29 is 19.5 Å². The standard InChI is InChI=1S/C23H32N4O2S.CH2O2.CH4S/c1-24-12-6-3-7-13-26-22(29)21-23(30-21,27-20(28)16-25-2)15-17-10-11-18-8-4-5-9-19(18)14-17;2-1-3;1-2/h4-5,8-11,14,21,24-25H,3,6-7,12-13,15-16H2,1-2H3,(H,26,29)(H,27,28);1H,(H,2,3);2H,1H3. The van der Waals surface area contributed by atoms with Crippen LogP contribution < -0.4 is 21.3 Å². The quantitative estimate of drug-likeness (QED) is 0.110. The van der Waals surface area contributed by atoms with Crippen molar-refractivity contribution in [2.24, 2.45) is 0 Å². The smallest absolute Gasteiger partial charge is 0.290 e. The van der Waals surface area contributed by atoms with Gasteiger partial charge in [0.15, 0.2) is 0 Å². The van der Waals surface area contributed by atoms with Gasteiger partial charge in [0, 0.05) is 13.0 Å². The molecule has 2 atom stereocenters. The fraction of sp³-hybridized carbons (Fsp3) is 0.480. The molecule has 0 spiro atoms. The Hall–Kier alpha value is -2.27. The second kappa shape index (κ2) is 17.2. The summed E-state index contributed by atoms with van der Waals surface area (Å²) in [5.41, 5.74) is 1.12. The fourth-order valence-corrected chi connectivity index (χ4v) is 4.93. The number of unbranched alkanes of at least 4 members (excludes halogenated alkanes) is 2. The van der Waals surface area contributed by atoms with Gasteiger partial charge in [-0.15, -0.1) is 11.8 Å². The van der Waals surface area contributed by atoms with Gasteiger partial charge in [0.25, 0.3) is 6.47 Å². The molecule has 2 unspecified atom stereocenters. The highest BCUT2D eigenvalue weighted by atomic mass is 32.2. The Morgan fingerprint density at radius 2 is 1.69 bits per heavy atom. The average molecular weight is 523 g/mol. The van der Waals surface area contributed by atoms with Crippen molar-refractivity contribution in [1.82, 2.24) is 21.3 Å². The summed E-state index contributed by atoms with van der Waals surface area (Å²) in [7, 11) is 3.69. The first-order valence-corrected chi connectivity index (χ1v) is 13.3. The van der Waals surface area contributed by atoms with E-state index in [-0.39, 0.29) is 30.1 Å². The number of hydrogen-bond acceptors (Lipinski definition) is 7. The van der Waals surface area contributed by atoms with Gasteiger partial charge in [0.05, 0.1) is 6.54 Å². The summed E-state index contributed by atoms with van der Waals surface area (Å²) in [5, 5.41) is 21.2. The lowest BCUT2D eigenvalue weighted by Gasteiger charge is -2.18. The number of nitrogens with one attached hydrogen (secondary N) is 4. The molecular weight excluding hydrogens is 484 g/mol. The molecule has 0 saturated carbocycles. The van der Waals surface area contributed by atoms with Crippen LogP contribution in [0.15, 0.2) is 42.5 Å². The van der Waals surface area contributed by atoms with Gasteiger partial charge in [-0.2, -0.15) is 12.6 Å². The molecule has 0 aliphatic carbocycles. The highest BCUT2D eigenvalue weighted by Crippen LogP contribution is 2.53. The molecule has 0 radical (unpaired) electrons. The molecule has 35 heavy (non-hydrogen) atoms. The number of carbonyl (C=O) groups is 3. The summed E-state index contributed by atoms with van der Waals surface area (Å²) < 4.78 is 0. The summed E-state index contributed by atoms with van der Waals surface area (Å²) in [5.74, 6) is -0.0766. The third-order valence-electron chi connectivity index (χ3n) is 5.30. The van der Waals surface area contributed by atoms with Gasteiger partial charge in [-0.25, -0.2) is 0 Å². The number of carbonyl (C=O) groups excluding carboxylic acids is 2. The summed E-state index contributed by atoms with van der Waals surface area (Å²) in [6.07, 6.45) is 5.48. The highest BCUT2D eigenvalue weighted by molar-refractivity contribution is 8.09. The molecule has 1 fully saturated rings. The number of thiol groups is 1. The number of amides is 2. The van der Waals surface area contributed by atoms with Crippen molar-refractivity contribution in [1.29, 1.82) is 0 Å². The average Bonchev–Trinajstić information content (AvgIpc) is 3.55. The van der Waals surface area contributed by atoms with Crippen LogP contribution in [0, 0.1) is 0 Å². The fourth-order valence-electron chi connectivity index (χ4n) is 3.72. The van der Waals surface area contributed by atoms with Gasteiger partial charge in [-0.05, 0) is 56.1 Å². The van der Waals surface area contributed by atoms with Gasteiger partial charge in [0.1, 0.15) is 10.1 Å². The molecule has 0 aromatic heterocycles. The van der Waals surface area contributed by atoms with E-state index in [4.69, 9.17) is 9.90 Å². The molecule has 2 aromatic carbocycles. The number of likely N-dealkylation sites (N-methyl/N-ethyl adjacent to an activating group) is 1. The molecule has 5 N–H and O–H groups in total. The lowest BCUT2D eigenvalue weighted by molar-refractivity contribution is -0.123. The first-order valence-electron chi connectivity index (χ1n) is 11.6. The molecule has 194 valence electrons. The second-order valence-corrected chi connectivity index (χ2v) is 9.32. The lowest BCUT2D eigenvalue weighted by atomic mass is 9.99. The zero-order valence-electron chi connectivity index (χ0n) is 20.7. The van der Waals surface area contributed by atoms with Crippen molar-refractivity contribution in [3.05, 3.63) is 48.0 Å². The third-order valence-corrected chi connectivity index (χ3v) is 6.81. The van der Waals surface area contributed by atoms with E-state index in [1.807, 2.05) is 19.2 Å². The number of carboxylic acid groups (broad SMARTS) is 1. The Labute approximate surface area is 217 Å². The number of benzene rings is 2. The Balaban J connectivity index is 0.00000114. The normalized spacial score (nSPS) is 17.8. The minimum atomic E-state index is -0.577. The zero-order valence-corrected chi connectivity index (χ0v) is 22.4. The van der Waals surface area contributed by atoms with Crippen LogP contribution in [0.2, 0.25) is 0 Å². The van der Waals surface area contributed by atoms with Crippen molar-refractivity contribution in [2.45, 2.75) is 35.8 Å². The monoisotopic (exact) mass is 522 g/mol. The van der Waals surface area contributed by atoms with Gasteiger partial charge in [-0.1, -0.05) is 48.9 Å². The lowest BCUT2D eigenvalue weighted by Crippen LogP contribution is -2.47. The van der Waals surface area contributed by atoms with E-state index in [9.17, 15) is 9.59 Å². The Kier molecular flexibility index (Phi) is 15.1. The van der Waals surface area contributed by atoms with Gasteiger partial charge < -0.3 is 26.4 Å². The predicted octanol–water partition coefficient (Wildman–Crippen LogP) is 2.28. The maximum atomic E-state index is 12.7. The highest BCUT2D eigenvalue weighted by Gasteiger charge is 2.60. The molecular formula is C25H38N4O4S2. The Morgan fingerprint density at radius 1 is 1.03 bits per heavy atom. The summed E-state index contributed by atoms with van der Waals surface area (Å²) in [4.78, 5) is 32.8. The summed E-state index contributed by atoms with van der Waals surface area (Å²) in [6, 6.07) is 14.6. The van der Waals surface area contributed by atoms with E-state index in [0.29, 0.717) is 13.0 Å². The van der Waals surface area contributed by atoms with Gasteiger partial charge >= 0.3 is 0 Å². The van der Waals surface area contributed by atoms with Crippen molar-refractivity contribution in [3.8, 4) is 0 Å². The Morgan fingerprint density at radius 3 is 2.34 bits per heavy atom. The molecule has 0 bridgehead atoms. The van der Waals surface area contributed by atoms with E-state index in [2.05, 4.69) is 64.2 Å². The maximum Gasteiger partial charge on any atom is 0.290 e. The molecule has 10 heteroatoms. The maximum absolute atomic E-state index is 12.7. The minimum Gasteiger partial charge on any atom is -0.483 e. The van der Waals surface area contributed by atoms with Crippen molar-refractivity contribution >= 4 is 53.4 Å². The van der Waals surface area contributed by atoms with Crippen LogP contribution in [0.5, 0.6) is 0 Å². The number of thioether (sulfide) groups is 1. The van der Waals surface area contributed by atoms with Crippen LogP contribution in [-0.4, -0.2) is 73.5 Å². The molecule has 1 saturated heterocycles. The van der Waals surface area contributed by atoms with Crippen LogP contribution in [0.25, 0.3) is 10.8 Å². The molecule has 2 amide bonds.